The van der Waals surface area contributed by atoms with Gasteiger partial charge in [0.1, 0.15) is 0 Å². The van der Waals surface area contributed by atoms with Crippen LogP contribution in [0.3, 0.4) is 0 Å². The number of nitrogens with zero attached hydrogens (tertiary/aromatic N) is 1. The molecule has 0 N–H and O–H groups in total. The molecule has 3 rings (SSSR count). The lowest BCUT2D eigenvalue weighted by atomic mass is 10.1. The van der Waals surface area contributed by atoms with Gasteiger partial charge >= 0.3 is 5.97 Å². The van der Waals surface area contributed by atoms with Gasteiger partial charge in [-0.1, -0.05) is 41.4 Å². The normalized spacial score (nSPS) is 18.5. The van der Waals surface area contributed by atoms with Gasteiger partial charge in [0.25, 0.3) is 11.8 Å². The summed E-state index contributed by atoms with van der Waals surface area (Å²) in [6.07, 6.45) is 0.306. The Balaban J connectivity index is 2.04. The Kier molecular flexibility index (Phi) is 4.91. The van der Waals surface area contributed by atoms with Crippen LogP contribution in [-0.4, -0.2) is 23.9 Å². The maximum absolute atomic E-state index is 12.9. The molecule has 0 aliphatic carbocycles. The fraction of sp³-hybridized carbons (Fsp3) is 0.150. The lowest BCUT2D eigenvalue weighted by Crippen LogP contribution is -2.33. The largest absolute Gasteiger partial charge is 0.447 e. The molecule has 1 heterocycles. The van der Waals surface area contributed by atoms with E-state index >= 15 is 0 Å². The van der Waals surface area contributed by atoms with Gasteiger partial charge in [-0.2, -0.15) is 0 Å². The minimum atomic E-state index is -1.27. The van der Waals surface area contributed by atoms with E-state index in [4.69, 9.17) is 16.3 Å². The monoisotopic (exact) mass is 369 g/mol. The number of hydrogen-bond acceptors (Lipinski definition) is 4. The number of carbonyl (C=O) groups is 3. The molecule has 1 unspecified atom stereocenters. The minimum absolute atomic E-state index is 0.115. The summed E-state index contributed by atoms with van der Waals surface area (Å²) in [5, 5.41) is 0.486. The van der Waals surface area contributed by atoms with Crippen LogP contribution in [0, 0.1) is 6.92 Å². The number of carbonyl (C=O) groups excluding carboxylic acids is 3. The van der Waals surface area contributed by atoms with Crippen LogP contribution in [0.15, 0.2) is 54.1 Å². The topological polar surface area (TPSA) is 63.7 Å². The second kappa shape index (κ2) is 7.14. The number of aryl methyl sites for hydroxylation is 1. The number of anilines is 1. The van der Waals surface area contributed by atoms with Crippen molar-refractivity contribution in [2.24, 2.45) is 0 Å². The summed E-state index contributed by atoms with van der Waals surface area (Å²) in [5.41, 5.74) is 2.29. The second-order valence-corrected chi connectivity index (χ2v) is 6.39. The molecule has 5 nitrogen and oxygen atoms in total. The molecule has 2 aromatic rings. The summed E-state index contributed by atoms with van der Waals surface area (Å²) >= 11 is 5.87. The maximum atomic E-state index is 12.9. The van der Waals surface area contributed by atoms with Crippen LogP contribution in [0.1, 0.15) is 18.1 Å². The molecule has 1 aliphatic rings. The first kappa shape index (κ1) is 17.9. The third-order valence-electron chi connectivity index (χ3n) is 3.95. The fourth-order valence-electron chi connectivity index (χ4n) is 2.69. The number of ether oxygens (including phenoxy) is 1. The smallest absolute Gasteiger partial charge is 0.303 e. The Morgan fingerprint density at radius 3 is 2.27 bits per heavy atom. The van der Waals surface area contributed by atoms with E-state index in [-0.39, 0.29) is 5.57 Å². The third-order valence-corrected chi connectivity index (χ3v) is 4.20. The Morgan fingerprint density at radius 1 is 1.08 bits per heavy atom. The molecule has 1 atom stereocenters. The number of hydrogen-bond donors (Lipinski definition) is 0. The van der Waals surface area contributed by atoms with Crippen LogP contribution in [0.25, 0.3) is 6.08 Å². The van der Waals surface area contributed by atoms with Gasteiger partial charge < -0.3 is 4.74 Å². The first-order chi connectivity index (χ1) is 12.4. The molecule has 1 aliphatic heterocycles. The first-order valence-corrected chi connectivity index (χ1v) is 8.34. The molecule has 132 valence electrons. The molecule has 0 bridgehead atoms. The van der Waals surface area contributed by atoms with E-state index in [1.807, 2.05) is 31.2 Å². The van der Waals surface area contributed by atoms with Crippen molar-refractivity contribution in [2.75, 3.05) is 4.90 Å². The predicted molar refractivity (Wildman–Crippen MR) is 98.7 cm³/mol. The van der Waals surface area contributed by atoms with E-state index in [1.165, 1.54) is 6.92 Å². The second-order valence-electron chi connectivity index (χ2n) is 5.96. The molecule has 6 heteroatoms. The van der Waals surface area contributed by atoms with E-state index < -0.39 is 23.9 Å². The summed E-state index contributed by atoms with van der Waals surface area (Å²) in [6.45, 7) is 3.15. The maximum Gasteiger partial charge on any atom is 0.303 e. The van der Waals surface area contributed by atoms with Gasteiger partial charge in [-0.3, -0.25) is 14.4 Å². The zero-order valence-electron chi connectivity index (χ0n) is 14.2. The zero-order chi connectivity index (χ0) is 18.8. The van der Waals surface area contributed by atoms with Crippen molar-refractivity contribution < 1.29 is 19.1 Å². The van der Waals surface area contributed by atoms with Crippen molar-refractivity contribution in [1.29, 1.82) is 0 Å². The molecule has 0 saturated carbocycles. The van der Waals surface area contributed by atoms with E-state index in [9.17, 15) is 14.4 Å². The summed E-state index contributed by atoms with van der Waals surface area (Å²) < 4.78 is 5.13. The summed E-state index contributed by atoms with van der Waals surface area (Å²) in [7, 11) is 0. The molecule has 0 aromatic heterocycles. The van der Waals surface area contributed by atoms with Gasteiger partial charge in [0.05, 0.1) is 11.3 Å². The van der Waals surface area contributed by atoms with Crippen molar-refractivity contribution in [3.05, 3.63) is 70.3 Å². The Labute approximate surface area is 155 Å². The van der Waals surface area contributed by atoms with Gasteiger partial charge in [-0.05, 0) is 42.8 Å². The van der Waals surface area contributed by atoms with E-state index in [0.717, 1.165) is 16.0 Å². The van der Waals surface area contributed by atoms with Crippen LogP contribution in [0.2, 0.25) is 5.02 Å². The van der Waals surface area contributed by atoms with Crippen molar-refractivity contribution >= 4 is 41.1 Å². The molecule has 2 amide bonds. The van der Waals surface area contributed by atoms with Gasteiger partial charge in [-0.25, -0.2) is 4.90 Å². The highest BCUT2D eigenvalue weighted by atomic mass is 35.5. The zero-order valence-corrected chi connectivity index (χ0v) is 15.0. The Hall–Kier alpha value is -2.92. The molecule has 26 heavy (non-hydrogen) atoms. The van der Waals surface area contributed by atoms with Gasteiger partial charge in [-0.15, -0.1) is 0 Å². The average molecular weight is 370 g/mol. The third kappa shape index (κ3) is 3.53. The summed E-state index contributed by atoms with van der Waals surface area (Å²) in [5.74, 6) is -1.76. The number of amides is 2. The number of imide groups is 1. The van der Waals surface area contributed by atoms with Crippen LogP contribution in [-0.2, 0) is 19.1 Å². The summed E-state index contributed by atoms with van der Waals surface area (Å²) in [6, 6.07) is 13.7. The highest BCUT2D eigenvalue weighted by Gasteiger charge is 2.46. The van der Waals surface area contributed by atoms with Crippen molar-refractivity contribution in [3.63, 3.8) is 0 Å². The number of esters is 1. The lowest BCUT2D eigenvalue weighted by molar-refractivity contribution is -0.149. The van der Waals surface area contributed by atoms with Crippen molar-refractivity contribution in [1.82, 2.24) is 0 Å². The quantitative estimate of drug-likeness (QED) is 0.471. The fourth-order valence-corrected chi connectivity index (χ4v) is 2.81. The molecule has 1 saturated heterocycles. The molecule has 0 spiro atoms. The standard InChI is InChI=1S/C20H16ClNO4/c1-12-3-5-14(6-4-12)11-17-18(26-13(2)23)20(25)22(19(17)24)16-9-7-15(21)8-10-16/h3-11,18H,1-2H3/b17-11+. The molecular weight excluding hydrogens is 354 g/mol. The molecule has 0 radical (unpaired) electrons. The predicted octanol–water partition coefficient (Wildman–Crippen LogP) is 3.54. The number of benzene rings is 2. The first-order valence-electron chi connectivity index (χ1n) is 7.96. The average Bonchev–Trinajstić information content (AvgIpc) is 2.81. The van der Waals surface area contributed by atoms with Gasteiger partial charge in [0.15, 0.2) is 0 Å². The highest BCUT2D eigenvalue weighted by molar-refractivity contribution is 6.33. The van der Waals surface area contributed by atoms with E-state index in [2.05, 4.69) is 0 Å². The minimum Gasteiger partial charge on any atom is -0.447 e. The SMILES string of the molecule is CC(=O)OC1C(=O)N(c2ccc(Cl)cc2)C(=O)/C1=C/c1ccc(C)cc1. The van der Waals surface area contributed by atoms with Gasteiger partial charge in [0, 0.05) is 11.9 Å². The molecular formula is C20H16ClNO4. The van der Waals surface area contributed by atoms with Crippen LogP contribution in [0.5, 0.6) is 0 Å². The van der Waals surface area contributed by atoms with E-state index in [1.54, 1.807) is 30.3 Å². The number of rotatable bonds is 3. The van der Waals surface area contributed by atoms with Gasteiger partial charge in [0.2, 0.25) is 6.10 Å². The highest BCUT2D eigenvalue weighted by Crippen LogP contribution is 2.30. The number of halogens is 1. The molecule has 1 fully saturated rings. The lowest BCUT2D eigenvalue weighted by Gasteiger charge is -2.14. The Morgan fingerprint density at radius 2 is 1.69 bits per heavy atom. The molecule has 2 aromatic carbocycles. The summed E-state index contributed by atoms with van der Waals surface area (Å²) in [4.78, 5) is 38.1. The van der Waals surface area contributed by atoms with Crippen LogP contribution in [0.4, 0.5) is 5.69 Å². The van der Waals surface area contributed by atoms with Crippen LogP contribution >= 0.6 is 11.6 Å². The van der Waals surface area contributed by atoms with Crippen molar-refractivity contribution in [3.8, 4) is 0 Å². The van der Waals surface area contributed by atoms with Crippen molar-refractivity contribution in [2.45, 2.75) is 20.0 Å². The Bertz CT molecular complexity index is 900. The van der Waals surface area contributed by atoms with E-state index in [0.29, 0.717) is 10.7 Å². The van der Waals surface area contributed by atoms with Crippen LogP contribution < -0.4 is 4.90 Å².